The Hall–Kier alpha value is -2.24. The van der Waals surface area contributed by atoms with Crippen molar-refractivity contribution in [2.75, 3.05) is 20.8 Å². The Morgan fingerprint density at radius 2 is 1.96 bits per heavy atom. The molecular formula is C18H25NO5. The summed E-state index contributed by atoms with van der Waals surface area (Å²) in [4.78, 5) is 23.9. The van der Waals surface area contributed by atoms with E-state index in [4.69, 9.17) is 14.2 Å². The Morgan fingerprint density at radius 3 is 2.62 bits per heavy atom. The summed E-state index contributed by atoms with van der Waals surface area (Å²) in [5, 5.41) is 3.02. The minimum atomic E-state index is -0.519. The predicted octanol–water partition coefficient (Wildman–Crippen LogP) is 2.56. The van der Waals surface area contributed by atoms with Gasteiger partial charge in [0.2, 0.25) is 0 Å². The molecule has 1 aromatic rings. The number of nitrogens with one attached hydrogen (secondary N) is 1. The lowest BCUT2D eigenvalue weighted by molar-refractivity contribution is -0.124. The summed E-state index contributed by atoms with van der Waals surface area (Å²) in [5.41, 5.74) is 0.261. The minimum Gasteiger partial charge on any atom is -0.497 e. The van der Waals surface area contributed by atoms with Crippen molar-refractivity contribution in [2.45, 2.75) is 38.6 Å². The van der Waals surface area contributed by atoms with Gasteiger partial charge in [-0.15, -0.1) is 0 Å². The summed E-state index contributed by atoms with van der Waals surface area (Å²) < 4.78 is 15.4. The SMILES string of the molecule is COC(=O)c1ccc(OC)cc1OCC(=O)N[C@H]1CCCC[C@H]1C. The lowest BCUT2D eigenvalue weighted by atomic mass is 9.86. The van der Waals surface area contributed by atoms with Crippen molar-refractivity contribution in [3.8, 4) is 11.5 Å². The average molecular weight is 335 g/mol. The van der Waals surface area contributed by atoms with Crippen LogP contribution in [0.3, 0.4) is 0 Å². The van der Waals surface area contributed by atoms with Gasteiger partial charge in [-0.2, -0.15) is 0 Å². The number of methoxy groups -OCH3 is 2. The van der Waals surface area contributed by atoms with Gasteiger partial charge in [-0.1, -0.05) is 19.8 Å². The Bertz CT molecular complexity index is 587. The molecule has 1 aromatic carbocycles. The van der Waals surface area contributed by atoms with Crippen molar-refractivity contribution >= 4 is 11.9 Å². The molecule has 0 bridgehead atoms. The highest BCUT2D eigenvalue weighted by molar-refractivity contribution is 5.92. The van der Waals surface area contributed by atoms with Gasteiger partial charge >= 0.3 is 5.97 Å². The van der Waals surface area contributed by atoms with Gasteiger partial charge in [-0.3, -0.25) is 4.79 Å². The van der Waals surface area contributed by atoms with E-state index >= 15 is 0 Å². The van der Waals surface area contributed by atoms with Crippen LogP contribution in [0.1, 0.15) is 43.0 Å². The van der Waals surface area contributed by atoms with Crippen LogP contribution in [0.25, 0.3) is 0 Å². The first-order chi connectivity index (χ1) is 11.5. The molecule has 1 fully saturated rings. The molecule has 0 spiro atoms. The lowest BCUT2D eigenvalue weighted by Crippen LogP contribution is -2.43. The molecule has 0 aromatic heterocycles. The van der Waals surface area contributed by atoms with Crippen LogP contribution in [0.2, 0.25) is 0 Å². The Balaban J connectivity index is 1.99. The first-order valence-corrected chi connectivity index (χ1v) is 8.23. The topological polar surface area (TPSA) is 73.9 Å². The predicted molar refractivity (Wildman–Crippen MR) is 89.4 cm³/mol. The molecule has 1 saturated carbocycles. The Labute approximate surface area is 142 Å². The van der Waals surface area contributed by atoms with E-state index in [1.165, 1.54) is 20.6 Å². The molecule has 1 aliphatic rings. The molecule has 0 heterocycles. The second kappa shape index (κ2) is 8.57. The zero-order valence-corrected chi connectivity index (χ0v) is 14.5. The van der Waals surface area contributed by atoms with Gasteiger partial charge in [0.05, 0.1) is 14.2 Å². The van der Waals surface area contributed by atoms with Crippen LogP contribution < -0.4 is 14.8 Å². The maximum atomic E-state index is 12.2. The molecule has 2 atom stereocenters. The third kappa shape index (κ3) is 4.63. The quantitative estimate of drug-likeness (QED) is 0.809. The van der Waals surface area contributed by atoms with Gasteiger partial charge in [-0.25, -0.2) is 4.79 Å². The fourth-order valence-corrected chi connectivity index (χ4v) is 2.95. The number of amides is 1. The Kier molecular flexibility index (Phi) is 6.46. The molecule has 0 unspecified atom stereocenters. The first-order valence-electron chi connectivity index (χ1n) is 8.23. The summed E-state index contributed by atoms with van der Waals surface area (Å²) >= 11 is 0. The van der Waals surface area contributed by atoms with Gasteiger partial charge in [0.1, 0.15) is 17.1 Å². The van der Waals surface area contributed by atoms with Crippen molar-refractivity contribution < 1.29 is 23.8 Å². The molecular weight excluding hydrogens is 310 g/mol. The molecule has 1 aliphatic carbocycles. The van der Waals surface area contributed by atoms with Crippen LogP contribution in [0.15, 0.2) is 18.2 Å². The van der Waals surface area contributed by atoms with Crippen molar-refractivity contribution in [1.82, 2.24) is 5.32 Å². The van der Waals surface area contributed by atoms with Gasteiger partial charge in [0.25, 0.3) is 5.91 Å². The molecule has 2 rings (SSSR count). The summed E-state index contributed by atoms with van der Waals surface area (Å²) in [7, 11) is 2.82. The van der Waals surface area contributed by atoms with Crippen LogP contribution in [0.5, 0.6) is 11.5 Å². The summed E-state index contributed by atoms with van der Waals surface area (Å²) in [6, 6.07) is 4.97. The highest BCUT2D eigenvalue weighted by Crippen LogP contribution is 2.26. The Morgan fingerprint density at radius 1 is 1.21 bits per heavy atom. The molecule has 132 valence electrons. The maximum Gasteiger partial charge on any atom is 0.341 e. The monoisotopic (exact) mass is 335 g/mol. The van der Waals surface area contributed by atoms with E-state index < -0.39 is 5.97 Å². The zero-order valence-electron chi connectivity index (χ0n) is 14.5. The fraction of sp³-hybridized carbons (Fsp3) is 0.556. The number of rotatable bonds is 6. The van der Waals surface area contributed by atoms with Crippen LogP contribution in [0.4, 0.5) is 0 Å². The smallest absolute Gasteiger partial charge is 0.341 e. The van der Waals surface area contributed by atoms with Crippen LogP contribution in [0, 0.1) is 5.92 Å². The van der Waals surface area contributed by atoms with Crippen molar-refractivity contribution in [3.05, 3.63) is 23.8 Å². The van der Waals surface area contributed by atoms with Gasteiger partial charge in [-0.05, 0) is 30.9 Å². The first kappa shape index (κ1) is 18.1. The molecule has 1 amide bonds. The number of esters is 1. The summed E-state index contributed by atoms with van der Waals surface area (Å²) in [6.45, 7) is 2.00. The highest BCUT2D eigenvalue weighted by Gasteiger charge is 2.23. The van der Waals surface area contributed by atoms with Crippen molar-refractivity contribution in [3.63, 3.8) is 0 Å². The van der Waals surface area contributed by atoms with E-state index in [-0.39, 0.29) is 29.9 Å². The number of benzene rings is 1. The molecule has 0 aliphatic heterocycles. The van der Waals surface area contributed by atoms with Crippen molar-refractivity contribution in [2.24, 2.45) is 5.92 Å². The number of carbonyl (C=O) groups is 2. The van der Waals surface area contributed by atoms with Crippen molar-refractivity contribution in [1.29, 1.82) is 0 Å². The minimum absolute atomic E-state index is 0.152. The summed E-state index contributed by atoms with van der Waals surface area (Å²) in [6.07, 6.45) is 4.49. The van der Waals surface area contributed by atoms with E-state index in [9.17, 15) is 9.59 Å². The third-order valence-corrected chi connectivity index (χ3v) is 4.41. The standard InChI is InChI=1S/C18H25NO5/c1-12-6-4-5-7-15(12)19-17(20)11-24-16-10-13(22-2)8-9-14(16)18(21)23-3/h8-10,12,15H,4-7,11H2,1-3H3,(H,19,20)/t12-,15+/m1/s1. The van der Waals surface area contributed by atoms with E-state index in [0.29, 0.717) is 11.7 Å². The number of carbonyl (C=O) groups excluding carboxylic acids is 2. The lowest BCUT2D eigenvalue weighted by Gasteiger charge is -2.29. The molecule has 6 nitrogen and oxygen atoms in total. The average Bonchev–Trinajstić information content (AvgIpc) is 2.61. The largest absolute Gasteiger partial charge is 0.497 e. The maximum absolute atomic E-state index is 12.2. The van der Waals surface area contributed by atoms with E-state index in [1.807, 2.05) is 0 Å². The normalized spacial score (nSPS) is 20.1. The molecule has 0 saturated heterocycles. The number of hydrogen-bond donors (Lipinski definition) is 1. The van der Waals surface area contributed by atoms with Crippen LogP contribution >= 0.6 is 0 Å². The number of ether oxygens (including phenoxy) is 3. The molecule has 6 heteroatoms. The number of hydrogen-bond acceptors (Lipinski definition) is 5. The molecule has 0 radical (unpaired) electrons. The van der Waals surface area contributed by atoms with Gasteiger partial charge in [0.15, 0.2) is 6.61 Å². The van der Waals surface area contributed by atoms with Gasteiger partial charge < -0.3 is 19.5 Å². The third-order valence-electron chi connectivity index (χ3n) is 4.41. The second-order valence-electron chi connectivity index (χ2n) is 6.08. The van der Waals surface area contributed by atoms with Crippen LogP contribution in [-0.2, 0) is 9.53 Å². The molecule has 24 heavy (non-hydrogen) atoms. The van der Waals surface area contributed by atoms with E-state index in [0.717, 1.165) is 19.3 Å². The summed E-state index contributed by atoms with van der Waals surface area (Å²) in [5.74, 6) is 0.582. The zero-order chi connectivity index (χ0) is 17.5. The highest BCUT2D eigenvalue weighted by atomic mass is 16.5. The van der Waals surface area contributed by atoms with E-state index in [1.54, 1.807) is 18.2 Å². The van der Waals surface area contributed by atoms with Gasteiger partial charge in [0, 0.05) is 12.1 Å². The fourth-order valence-electron chi connectivity index (χ4n) is 2.95. The van der Waals surface area contributed by atoms with Crippen LogP contribution in [-0.4, -0.2) is 38.7 Å². The molecule has 1 N–H and O–H groups in total. The van der Waals surface area contributed by atoms with E-state index in [2.05, 4.69) is 12.2 Å². The second-order valence-corrected chi connectivity index (χ2v) is 6.08.